The zero-order valence-corrected chi connectivity index (χ0v) is 10.7. The maximum Gasteiger partial charge on any atom is 0.165 e. The van der Waals surface area contributed by atoms with Gasteiger partial charge < -0.3 is 0 Å². The lowest BCUT2D eigenvalue weighted by molar-refractivity contribution is -0.121. The minimum atomic E-state index is -0.305. The molecule has 0 N–H and O–H groups in total. The molecule has 0 bridgehead atoms. The lowest BCUT2D eigenvalue weighted by Gasteiger charge is -2.15. The van der Waals surface area contributed by atoms with Crippen molar-refractivity contribution in [3.63, 3.8) is 0 Å². The monoisotopic (exact) mass is 240 g/mol. The third-order valence-corrected chi connectivity index (χ3v) is 4.07. The van der Waals surface area contributed by atoms with Crippen LogP contribution in [0.5, 0.6) is 0 Å². The molecule has 1 aromatic carbocycles. The van der Waals surface area contributed by atoms with Crippen molar-refractivity contribution < 1.29 is 9.59 Å². The van der Waals surface area contributed by atoms with Crippen LogP contribution in [0.4, 0.5) is 0 Å². The van der Waals surface area contributed by atoms with Gasteiger partial charge in [0.1, 0.15) is 0 Å². The quantitative estimate of drug-likeness (QED) is 0.756. The second-order valence-corrected chi connectivity index (χ2v) is 5.90. The Morgan fingerprint density at radius 3 is 2.44 bits per heavy atom. The van der Waals surface area contributed by atoms with E-state index in [-0.39, 0.29) is 22.9 Å². The molecular formula is C16H16O2. The summed E-state index contributed by atoms with van der Waals surface area (Å²) in [6, 6.07) is 9.58. The highest BCUT2D eigenvalue weighted by Crippen LogP contribution is 2.50. The zero-order chi connectivity index (χ0) is 12.9. The van der Waals surface area contributed by atoms with E-state index in [0.29, 0.717) is 12.0 Å². The largest absolute Gasteiger partial charge is 0.294 e. The molecule has 2 heteroatoms. The van der Waals surface area contributed by atoms with Gasteiger partial charge in [-0.25, -0.2) is 0 Å². The predicted molar refractivity (Wildman–Crippen MR) is 69.9 cm³/mol. The van der Waals surface area contributed by atoms with Crippen molar-refractivity contribution >= 4 is 17.1 Å². The third kappa shape index (κ3) is 1.48. The minimum Gasteiger partial charge on any atom is -0.294 e. The number of hydrogen-bond donors (Lipinski definition) is 0. The van der Waals surface area contributed by atoms with Crippen LogP contribution in [0.2, 0.25) is 0 Å². The number of carbonyl (C=O) groups is 2. The molecule has 0 amide bonds. The summed E-state index contributed by atoms with van der Waals surface area (Å²) in [6.45, 7) is 3.96. The second-order valence-electron chi connectivity index (χ2n) is 5.90. The summed E-state index contributed by atoms with van der Waals surface area (Å²) >= 11 is 0. The van der Waals surface area contributed by atoms with Crippen molar-refractivity contribution in [3.8, 4) is 0 Å². The molecule has 18 heavy (non-hydrogen) atoms. The van der Waals surface area contributed by atoms with Gasteiger partial charge in [0, 0.05) is 23.0 Å². The zero-order valence-electron chi connectivity index (χ0n) is 10.7. The fourth-order valence-electron chi connectivity index (χ4n) is 3.25. The summed E-state index contributed by atoms with van der Waals surface area (Å²) in [5, 5.41) is 0. The lowest BCUT2D eigenvalue weighted by Crippen LogP contribution is -2.18. The Hall–Kier alpha value is -1.70. The van der Waals surface area contributed by atoms with E-state index in [0.717, 1.165) is 17.6 Å². The molecule has 0 aliphatic heterocycles. The van der Waals surface area contributed by atoms with Gasteiger partial charge in [-0.05, 0) is 17.9 Å². The molecule has 1 fully saturated rings. The maximum atomic E-state index is 12.4. The standard InChI is InChI=1S/C16H16O2/c1-16(2)9-11-8-12(17)13(14(11)15(16)18)10-6-4-3-5-7-10/h3-7,11H,8-9H2,1-2H3. The number of carbonyl (C=O) groups excluding carboxylic acids is 2. The number of ketones is 2. The van der Waals surface area contributed by atoms with Gasteiger partial charge in [-0.3, -0.25) is 9.59 Å². The third-order valence-electron chi connectivity index (χ3n) is 4.07. The number of benzene rings is 1. The SMILES string of the molecule is CC1(C)CC2CC(=O)C(c3ccccc3)=C2C1=O. The van der Waals surface area contributed by atoms with Gasteiger partial charge in [-0.15, -0.1) is 0 Å². The molecule has 1 unspecified atom stereocenters. The molecule has 92 valence electrons. The van der Waals surface area contributed by atoms with Crippen LogP contribution in [0.15, 0.2) is 35.9 Å². The van der Waals surface area contributed by atoms with E-state index in [1.807, 2.05) is 44.2 Å². The molecule has 0 saturated heterocycles. The van der Waals surface area contributed by atoms with Gasteiger partial charge in [0.15, 0.2) is 11.6 Å². The van der Waals surface area contributed by atoms with E-state index in [4.69, 9.17) is 0 Å². The van der Waals surface area contributed by atoms with Crippen LogP contribution in [0.1, 0.15) is 32.3 Å². The molecule has 0 spiro atoms. The molecular weight excluding hydrogens is 224 g/mol. The summed E-state index contributed by atoms with van der Waals surface area (Å²) in [4.78, 5) is 24.6. The first-order valence-electron chi connectivity index (χ1n) is 6.38. The second kappa shape index (κ2) is 3.64. The van der Waals surface area contributed by atoms with E-state index in [1.54, 1.807) is 0 Å². The first-order chi connectivity index (χ1) is 8.50. The predicted octanol–water partition coefficient (Wildman–Crippen LogP) is 3.03. The maximum absolute atomic E-state index is 12.4. The van der Waals surface area contributed by atoms with Gasteiger partial charge in [0.25, 0.3) is 0 Å². The molecule has 2 aliphatic carbocycles. The van der Waals surface area contributed by atoms with E-state index in [2.05, 4.69) is 0 Å². The highest BCUT2D eigenvalue weighted by atomic mass is 16.1. The molecule has 1 aromatic rings. The van der Waals surface area contributed by atoms with Crippen molar-refractivity contribution in [2.45, 2.75) is 26.7 Å². The first-order valence-corrected chi connectivity index (χ1v) is 6.38. The number of hydrogen-bond acceptors (Lipinski definition) is 2. The van der Waals surface area contributed by atoms with E-state index in [9.17, 15) is 9.59 Å². The van der Waals surface area contributed by atoms with Crippen molar-refractivity contribution in [2.75, 3.05) is 0 Å². The van der Waals surface area contributed by atoms with Crippen LogP contribution in [0.25, 0.3) is 5.57 Å². The van der Waals surface area contributed by atoms with Gasteiger partial charge in [0.05, 0.1) is 0 Å². The van der Waals surface area contributed by atoms with Crippen LogP contribution in [-0.2, 0) is 9.59 Å². The summed E-state index contributed by atoms with van der Waals surface area (Å²) < 4.78 is 0. The Balaban J connectivity index is 2.18. The molecule has 3 rings (SSSR count). The van der Waals surface area contributed by atoms with Crippen molar-refractivity contribution in [1.29, 1.82) is 0 Å². The summed E-state index contributed by atoms with van der Waals surface area (Å²) in [5.41, 5.74) is 2.05. The van der Waals surface area contributed by atoms with Crippen LogP contribution in [0.3, 0.4) is 0 Å². The van der Waals surface area contributed by atoms with Gasteiger partial charge in [0.2, 0.25) is 0 Å². The van der Waals surface area contributed by atoms with Crippen LogP contribution in [0, 0.1) is 11.3 Å². The van der Waals surface area contributed by atoms with Gasteiger partial charge in [-0.1, -0.05) is 44.2 Å². The number of Topliss-reactive ketones (excluding diaryl/α,β-unsaturated/α-hetero) is 2. The summed E-state index contributed by atoms with van der Waals surface area (Å²) in [6.07, 6.45) is 1.32. The van der Waals surface area contributed by atoms with Gasteiger partial charge in [-0.2, -0.15) is 0 Å². The smallest absolute Gasteiger partial charge is 0.165 e. The molecule has 2 aliphatic rings. The summed E-state index contributed by atoms with van der Waals surface area (Å²) in [7, 11) is 0. The van der Waals surface area contributed by atoms with Crippen molar-refractivity contribution in [1.82, 2.24) is 0 Å². The molecule has 1 atom stereocenters. The fraction of sp³-hybridized carbons (Fsp3) is 0.375. The highest BCUT2D eigenvalue weighted by molar-refractivity contribution is 6.31. The van der Waals surface area contributed by atoms with Crippen molar-refractivity contribution in [3.05, 3.63) is 41.5 Å². The summed E-state index contributed by atoms with van der Waals surface area (Å²) in [5.74, 6) is 0.442. The number of allylic oxidation sites excluding steroid dienone is 2. The molecule has 1 saturated carbocycles. The van der Waals surface area contributed by atoms with Gasteiger partial charge >= 0.3 is 0 Å². The van der Waals surface area contributed by atoms with Crippen molar-refractivity contribution in [2.24, 2.45) is 11.3 Å². The van der Waals surface area contributed by atoms with Crippen LogP contribution >= 0.6 is 0 Å². The normalized spacial score (nSPS) is 25.8. The highest BCUT2D eigenvalue weighted by Gasteiger charge is 2.49. The Kier molecular flexibility index (Phi) is 2.31. The number of fused-ring (bicyclic) bond motifs is 1. The Morgan fingerprint density at radius 1 is 1.11 bits per heavy atom. The Labute approximate surface area is 107 Å². The lowest BCUT2D eigenvalue weighted by atomic mass is 9.87. The Morgan fingerprint density at radius 2 is 1.78 bits per heavy atom. The Bertz CT molecular complexity index is 564. The fourth-order valence-corrected chi connectivity index (χ4v) is 3.25. The molecule has 2 nitrogen and oxygen atoms in total. The molecule has 0 radical (unpaired) electrons. The first kappa shape index (κ1) is 11.4. The average Bonchev–Trinajstić information content (AvgIpc) is 2.74. The number of rotatable bonds is 1. The molecule has 0 aromatic heterocycles. The topological polar surface area (TPSA) is 34.1 Å². The van der Waals surface area contributed by atoms with Crippen LogP contribution < -0.4 is 0 Å². The van der Waals surface area contributed by atoms with E-state index < -0.39 is 0 Å². The van der Waals surface area contributed by atoms with E-state index >= 15 is 0 Å². The average molecular weight is 240 g/mol. The van der Waals surface area contributed by atoms with Crippen LogP contribution in [-0.4, -0.2) is 11.6 Å². The molecule has 0 heterocycles. The van der Waals surface area contributed by atoms with E-state index in [1.165, 1.54) is 0 Å². The minimum absolute atomic E-state index is 0.130.